The Morgan fingerprint density at radius 1 is 1.50 bits per heavy atom. The summed E-state index contributed by atoms with van der Waals surface area (Å²) < 4.78 is 0. The Labute approximate surface area is 111 Å². The summed E-state index contributed by atoms with van der Waals surface area (Å²) in [6.07, 6.45) is 2.13. The molecule has 1 aromatic rings. The monoisotopic (exact) mass is 268 g/mol. The standard InChI is InChI=1S/C11H16N4O2S/c1-2-3-7-12-11(18)14-13-9-5-4-6-10(8-9)15(16)17/h4-6,8,13H,2-3,7H2,1H3,(H2,12,14,18). The van der Waals surface area contributed by atoms with Gasteiger partial charge >= 0.3 is 0 Å². The van der Waals surface area contributed by atoms with E-state index in [1.54, 1.807) is 12.1 Å². The van der Waals surface area contributed by atoms with Gasteiger partial charge in [0, 0.05) is 18.7 Å². The lowest BCUT2D eigenvalue weighted by Gasteiger charge is -2.11. The van der Waals surface area contributed by atoms with Gasteiger partial charge in [-0.1, -0.05) is 19.4 Å². The molecule has 0 fully saturated rings. The molecule has 98 valence electrons. The number of hydrazine groups is 1. The van der Waals surface area contributed by atoms with Gasteiger partial charge in [-0.3, -0.25) is 21.0 Å². The van der Waals surface area contributed by atoms with Gasteiger partial charge < -0.3 is 5.32 Å². The minimum absolute atomic E-state index is 0.0339. The molecular weight excluding hydrogens is 252 g/mol. The lowest BCUT2D eigenvalue weighted by atomic mass is 10.3. The third-order valence-corrected chi connectivity index (χ3v) is 2.44. The van der Waals surface area contributed by atoms with Gasteiger partial charge in [0.1, 0.15) is 0 Å². The smallest absolute Gasteiger partial charge is 0.271 e. The number of thiocarbonyl (C=S) groups is 1. The number of rotatable bonds is 6. The average Bonchev–Trinajstić information content (AvgIpc) is 2.37. The maximum absolute atomic E-state index is 10.6. The third kappa shape index (κ3) is 4.96. The molecule has 0 spiro atoms. The van der Waals surface area contributed by atoms with Crippen molar-refractivity contribution in [2.45, 2.75) is 19.8 Å². The molecule has 0 heterocycles. The number of nitro benzene ring substituents is 1. The van der Waals surface area contributed by atoms with Gasteiger partial charge in [-0.2, -0.15) is 0 Å². The molecule has 0 bridgehead atoms. The summed E-state index contributed by atoms with van der Waals surface area (Å²) in [6.45, 7) is 2.90. The van der Waals surface area contributed by atoms with E-state index in [0.717, 1.165) is 19.4 Å². The van der Waals surface area contributed by atoms with Gasteiger partial charge in [-0.05, 0) is 24.7 Å². The van der Waals surface area contributed by atoms with Crippen molar-refractivity contribution < 1.29 is 4.92 Å². The summed E-state index contributed by atoms with van der Waals surface area (Å²) in [5.41, 5.74) is 6.20. The summed E-state index contributed by atoms with van der Waals surface area (Å²) >= 11 is 5.03. The van der Waals surface area contributed by atoms with E-state index < -0.39 is 4.92 Å². The second kappa shape index (κ2) is 7.44. The molecule has 6 nitrogen and oxygen atoms in total. The van der Waals surface area contributed by atoms with E-state index in [2.05, 4.69) is 23.1 Å². The first-order valence-corrected chi connectivity index (χ1v) is 6.08. The van der Waals surface area contributed by atoms with Gasteiger partial charge in [0.25, 0.3) is 5.69 Å². The van der Waals surface area contributed by atoms with Crippen LogP contribution in [0.3, 0.4) is 0 Å². The molecule has 0 aromatic heterocycles. The average molecular weight is 268 g/mol. The zero-order valence-corrected chi connectivity index (χ0v) is 10.9. The predicted molar refractivity (Wildman–Crippen MR) is 75.4 cm³/mol. The largest absolute Gasteiger partial charge is 0.361 e. The second-order valence-electron chi connectivity index (χ2n) is 3.67. The van der Waals surface area contributed by atoms with Crippen LogP contribution in [0.15, 0.2) is 24.3 Å². The van der Waals surface area contributed by atoms with E-state index in [4.69, 9.17) is 12.2 Å². The summed E-state index contributed by atoms with van der Waals surface area (Å²) in [5.74, 6) is 0. The maximum atomic E-state index is 10.6. The molecule has 0 saturated heterocycles. The van der Waals surface area contributed by atoms with Crippen molar-refractivity contribution in [1.82, 2.24) is 10.7 Å². The highest BCUT2D eigenvalue weighted by Gasteiger charge is 2.05. The molecule has 0 unspecified atom stereocenters. The molecule has 1 rings (SSSR count). The first-order valence-electron chi connectivity index (χ1n) is 5.67. The van der Waals surface area contributed by atoms with E-state index in [1.165, 1.54) is 12.1 Å². The zero-order valence-electron chi connectivity index (χ0n) is 10.1. The van der Waals surface area contributed by atoms with Gasteiger partial charge in [-0.25, -0.2) is 0 Å². The molecule has 7 heteroatoms. The fourth-order valence-corrected chi connectivity index (χ4v) is 1.40. The van der Waals surface area contributed by atoms with E-state index in [9.17, 15) is 10.1 Å². The minimum atomic E-state index is -0.441. The zero-order chi connectivity index (χ0) is 13.4. The SMILES string of the molecule is CCCCNC(=S)NNc1cccc([N+](=O)[O-])c1. The van der Waals surface area contributed by atoms with Crippen LogP contribution < -0.4 is 16.2 Å². The normalized spacial score (nSPS) is 9.61. The fraction of sp³-hybridized carbons (Fsp3) is 0.364. The Kier molecular flexibility index (Phi) is 5.86. The second-order valence-corrected chi connectivity index (χ2v) is 4.08. The van der Waals surface area contributed by atoms with Crippen molar-refractivity contribution in [3.63, 3.8) is 0 Å². The van der Waals surface area contributed by atoms with Crippen molar-refractivity contribution in [3.8, 4) is 0 Å². The summed E-state index contributed by atoms with van der Waals surface area (Å²) in [4.78, 5) is 10.1. The molecule has 18 heavy (non-hydrogen) atoms. The maximum Gasteiger partial charge on any atom is 0.271 e. The molecular formula is C11H16N4O2S. The number of nitrogens with zero attached hydrogens (tertiary/aromatic N) is 1. The number of hydrogen-bond donors (Lipinski definition) is 3. The Hall–Kier alpha value is -1.89. The van der Waals surface area contributed by atoms with Crippen LogP contribution in [-0.2, 0) is 0 Å². The number of anilines is 1. The van der Waals surface area contributed by atoms with Crippen LogP contribution in [0.25, 0.3) is 0 Å². The topological polar surface area (TPSA) is 79.2 Å². The van der Waals surface area contributed by atoms with Gasteiger partial charge in [0.2, 0.25) is 0 Å². The molecule has 0 saturated carbocycles. The Bertz CT molecular complexity index is 425. The van der Waals surface area contributed by atoms with E-state index in [-0.39, 0.29) is 5.69 Å². The van der Waals surface area contributed by atoms with Crippen molar-refractivity contribution in [3.05, 3.63) is 34.4 Å². The lowest BCUT2D eigenvalue weighted by molar-refractivity contribution is -0.384. The highest BCUT2D eigenvalue weighted by molar-refractivity contribution is 7.80. The van der Waals surface area contributed by atoms with Crippen LogP contribution >= 0.6 is 12.2 Å². The van der Waals surface area contributed by atoms with Crippen LogP contribution in [0.2, 0.25) is 0 Å². The van der Waals surface area contributed by atoms with Crippen LogP contribution in [0.5, 0.6) is 0 Å². The van der Waals surface area contributed by atoms with Crippen LogP contribution in [0, 0.1) is 10.1 Å². The first kappa shape index (κ1) is 14.2. The lowest BCUT2D eigenvalue weighted by Crippen LogP contribution is -2.39. The number of non-ortho nitro benzene ring substituents is 1. The number of unbranched alkanes of at least 4 members (excludes halogenated alkanes) is 1. The first-order chi connectivity index (χ1) is 8.63. The summed E-state index contributed by atoms with van der Waals surface area (Å²) in [5, 5.41) is 14.1. The Morgan fingerprint density at radius 3 is 2.94 bits per heavy atom. The quantitative estimate of drug-likeness (QED) is 0.318. The van der Waals surface area contributed by atoms with Crippen LogP contribution in [-0.4, -0.2) is 16.6 Å². The van der Waals surface area contributed by atoms with Gasteiger partial charge in [0.05, 0.1) is 10.6 Å². The highest BCUT2D eigenvalue weighted by Crippen LogP contribution is 2.15. The number of nitrogens with one attached hydrogen (secondary N) is 3. The summed E-state index contributed by atoms with van der Waals surface area (Å²) in [7, 11) is 0. The molecule has 0 amide bonds. The third-order valence-electron chi connectivity index (χ3n) is 2.19. The van der Waals surface area contributed by atoms with Crippen molar-refractivity contribution in [2.75, 3.05) is 12.0 Å². The molecule has 0 atom stereocenters. The Morgan fingerprint density at radius 2 is 2.28 bits per heavy atom. The van der Waals surface area contributed by atoms with E-state index in [1.807, 2.05) is 0 Å². The number of nitro groups is 1. The van der Waals surface area contributed by atoms with Crippen molar-refractivity contribution >= 4 is 28.7 Å². The van der Waals surface area contributed by atoms with Gasteiger partial charge in [-0.15, -0.1) is 0 Å². The molecule has 3 N–H and O–H groups in total. The van der Waals surface area contributed by atoms with E-state index in [0.29, 0.717) is 10.8 Å². The minimum Gasteiger partial charge on any atom is -0.361 e. The fourth-order valence-electron chi connectivity index (χ4n) is 1.25. The molecule has 0 aliphatic carbocycles. The highest BCUT2D eigenvalue weighted by atomic mass is 32.1. The summed E-state index contributed by atoms with van der Waals surface area (Å²) in [6, 6.07) is 6.19. The van der Waals surface area contributed by atoms with Gasteiger partial charge in [0.15, 0.2) is 5.11 Å². The number of benzene rings is 1. The van der Waals surface area contributed by atoms with Crippen LogP contribution in [0.1, 0.15) is 19.8 Å². The van der Waals surface area contributed by atoms with Crippen molar-refractivity contribution in [1.29, 1.82) is 0 Å². The molecule has 0 aliphatic rings. The Balaban J connectivity index is 2.41. The van der Waals surface area contributed by atoms with Crippen LogP contribution in [0.4, 0.5) is 11.4 Å². The molecule has 1 aromatic carbocycles. The van der Waals surface area contributed by atoms with E-state index >= 15 is 0 Å². The molecule has 0 radical (unpaired) electrons. The van der Waals surface area contributed by atoms with Crippen molar-refractivity contribution in [2.24, 2.45) is 0 Å². The molecule has 0 aliphatic heterocycles. The predicted octanol–water partition coefficient (Wildman–Crippen LogP) is 2.19. The number of hydrogen-bond acceptors (Lipinski definition) is 4.